The van der Waals surface area contributed by atoms with Crippen LogP contribution in [-0.4, -0.2) is 78.4 Å². The highest BCUT2D eigenvalue weighted by atomic mass is 16.6. The molecule has 9 heteroatoms. The highest BCUT2D eigenvalue weighted by Crippen LogP contribution is 2.64. The Balaban J connectivity index is 1.70. The van der Waals surface area contributed by atoms with E-state index in [0.717, 1.165) is 12.8 Å². The Kier molecular flexibility index (Phi) is 9.36. The van der Waals surface area contributed by atoms with Crippen LogP contribution in [0, 0.1) is 11.8 Å². The van der Waals surface area contributed by atoms with E-state index in [-0.39, 0.29) is 38.1 Å². The lowest BCUT2D eigenvalue weighted by molar-refractivity contribution is -0.161. The Labute approximate surface area is 236 Å². The topological polar surface area (TPSA) is 106 Å². The zero-order valence-electron chi connectivity index (χ0n) is 23.7. The SMILES string of the molecule is C=CCCCCOC(=O)[C@@H]1[C@H]2C(=O)N(CCCO)C(C(=O)N(CC=C)c3ccc(OC)cc3)C23CC[C@@]1(CC)O3. The van der Waals surface area contributed by atoms with Gasteiger partial charge in [0.1, 0.15) is 23.3 Å². The number of methoxy groups -OCH3 is 1. The molecule has 1 spiro atoms. The van der Waals surface area contributed by atoms with Crippen molar-refractivity contribution in [3.8, 4) is 5.75 Å². The molecule has 4 rings (SSSR count). The highest BCUT2D eigenvalue weighted by Gasteiger charge is 2.79. The number of fused-ring (bicyclic) bond motifs is 1. The van der Waals surface area contributed by atoms with Crippen molar-refractivity contribution in [1.82, 2.24) is 4.90 Å². The monoisotopic (exact) mass is 554 g/mol. The van der Waals surface area contributed by atoms with E-state index in [9.17, 15) is 19.5 Å². The Hall–Kier alpha value is -3.17. The first-order chi connectivity index (χ1) is 19.3. The van der Waals surface area contributed by atoms with Gasteiger partial charge in [-0.3, -0.25) is 14.4 Å². The second kappa shape index (κ2) is 12.6. The fourth-order valence-electron chi connectivity index (χ4n) is 6.85. The summed E-state index contributed by atoms with van der Waals surface area (Å²) in [4.78, 5) is 45.3. The van der Waals surface area contributed by atoms with Crippen molar-refractivity contribution in [1.29, 1.82) is 0 Å². The van der Waals surface area contributed by atoms with Gasteiger partial charge in [-0.15, -0.1) is 13.2 Å². The molecule has 2 unspecified atom stereocenters. The van der Waals surface area contributed by atoms with Crippen LogP contribution in [0.4, 0.5) is 5.69 Å². The van der Waals surface area contributed by atoms with E-state index in [1.54, 1.807) is 42.4 Å². The molecule has 9 nitrogen and oxygen atoms in total. The van der Waals surface area contributed by atoms with Crippen molar-refractivity contribution in [2.24, 2.45) is 11.8 Å². The van der Waals surface area contributed by atoms with Gasteiger partial charge in [0.15, 0.2) is 0 Å². The summed E-state index contributed by atoms with van der Waals surface area (Å²) in [5.41, 5.74) is -1.38. The molecule has 0 aromatic heterocycles. The van der Waals surface area contributed by atoms with Crippen molar-refractivity contribution in [2.45, 2.75) is 69.1 Å². The van der Waals surface area contributed by atoms with Gasteiger partial charge < -0.3 is 29.1 Å². The molecule has 0 aliphatic carbocycles. The first-order valence-corrected chi connectivity index (χ1v) is 14.3. The summed E-state index contributed by atoms with van der Waals surface area (Å²) >= 11 is 0. The number of hydrogen-bond donors (Lipinski definition) is 1. The Bertz CT molecular complexity index is 1110. The molecule has 0 saturated carbocycles. The van der Waals surface area contributed by atoms with Crippen LogP contribution in [0.15, 0.2) is 49.6 Å². The molecule has 40 heavy (non-hydrogen) atoms. The lowest BCUT2D eigenvalue weighted by Gasteiger charge is -2.37. The lowest BCUT2D eigenvalue weighted by Crippen LogP contribution is -2.56. The Morgan fingerprint density at radius 1 is 1.18 bits per heavy atom. The third-order valence-corrected chi connectivity index (χ3v) is 8.73. The average Bonchev–Trinajstić information content (AvgIpc) is 3.57. The Morgan fingerprint density at radius 3 is 2.55 bits per heavy atom. The number of benzene rings is 1. The third-order valence-electron chi connectivity index (χ3n) is 8.73. The molecule has 5 atom stereocenters. The van der Waals surface area contributed by atoms with E-state index in [1.165, 1.54) is 4.90 Å². The van der Waals surface area contributed by atoms with Crippen molar-refractivity contribution < 1.29 is 33.7 Å². The predicted molar refractivity (Wildman–Crippen MR) is 151 cm³/mol. The first kappa shape index (κ1) is 29.8. The number of likely N-dealkylation sites (tertiary alicyclic amines) is 1. The zero-order chi connectivity index (χ0) is 28.9. The number of aliphatic hydroxyl groups is 1. The summed E-state index contributed by atoms with van der Waals surface area (Å²) < 4.78 is 17.8. The zero-order valence-corrected chi connectivity index (χ0v) is 23.7. The largest absolute Gasteiger partial charge is 0.497 e. The maximum atomic E-state index is 14.5. The van der Waals surface area contributed by atoms with Crippen molar-refractivity contribution in [3.63, 3.8) is 0 Å². The molecule has 3 saturated heterocycles. The molecule has 2 bridgehead atoms. The fraction of sp³-hybridized carbons (Fsp3) is 0.581. The number of rotatable bonds is 15. The number of carbonyl (C=O) groups is 3. The quantitative estimate of drug-likeness (QED) is 0.200. The molecule has 3 aliphatic heterocycles. The van der Waals surface area contributed by atoms with Crippen molar-refractivity contribution >= 4 is 23.5 Å². The molecule has 0 radical (unpaired) electrons. The third kappa shape index (κ3) is 5.05. The molecular formula is C31H42N2O7. The van der Waals surface area contributed by atoms with Gasteiger partial charge in [-0.2, -0.15) is 0 Å². The van der Waals surface area contributed by atoms with E-state index in [0.29, 0.717) is 43.5 Å². The van der Waals surface area contributed by atoms with Crippen LogP contribution >= 0.6 is 0 Å². The smallest absolute Gasteiger partial charge is 0.312 e. The Morgan fingerprint density at radius 2 is 1.93 bits per heavy atom. The number of hydrogen-bond acceptors (Lipinski definition) is 7. The molecule has 218 valence electrons. The summed E-state index contributed by atoms with van der Waals surface area (Å²) in [7, 11) is 1.57. The van der Waals surface area contributed by atoms with Crippen LogP contribution < -0.4 is 9.64 Å². The number of aliphatic hydroxyl groups excluding tert-OH is 1. The van der Waals surface area contributed by atoms with Crippen LogP contribution in [0.1, 0.15) is 51.9 Å². The standard InChI is InChI=1S/C31H42N2O7/c1-5-8-9-10-21-39-29(37)25-24-27(35)33(19-11-20-34)26(31(24)17-16-30(25,7-3)40-31)28(36)32(18-6-2)22-12-14-23(38-4)15-13-22/h5-6,12-15,24-26,34H,1-2,7-11,16-21H2,3-4H3/t24-,25-,26?,30+,31?/m0/s1. The number of carbonyl (C=O) groups excluding carboxylic acids is 3. The molecule has 3 aliphatic rings. The van der Waals surface area contributed by atoms with Gasteiger partial charge in [0.2, 0.25) is 5.91 Å². The summed E-state index contributed by atoms with van der Waals surface area (Å²) in [6, 6.07) is 6.17. The van der Waals surface area contributed by atoms with Gasteiger partial charge in [-0.1, -0.05) is 19.1 Å². The number of anilines is 1. The maximum Gasteiger partial charge on any atom is 0.312 e. The number of nitrogens with zero attached hydrogens (tertiary/aromatic N) is 2. The minimum atomic E-state index is -1.15. The minimum absolute atomic E-state index is 0.132. The lowest BCUT2D eigenvalue weighted by atomic mass is 9.65. The first-order valence-electron chi connectivity index (χ1n) is 14.3. The predicted octanol–water partition coefficient (Wildman–Crippen LogP) is 3.65. The van der Waals surface area contributed by atoms with E-state index in [1.807, 2.05) is 13.0 Å². The molecule has 2 amide bonds. The summed E-state index contributed by atoms with van der Waals surface area (Å²) in [5.74, 6) is -1.98. The van der Waals surface area contributed by atoms with E-state index >= 15 is 0 Å². The number of allylic oxidation sites excluding steroid dienone is 1. The number of amides is 2. The van der Waals surface area contributed by atoms with Gasteiger partial charge in [-0.05, 0) is 69.2 Å². The molecule has 1 aromatic carbocycles. The summed E-state index contributed by atoms with van der Waals surface area (Å²) in [5, 5.41) is 9.60. The van der Waals surface area contributed by atoms with E-state index < -0.39 is 35.0 Å². The fourth-order valence-corrected chi connectivity index (χ4v) is 6.85. The van der Waals surface area contributed by atoms with Crippen LogP contribution in [0.3, 0.4) is 0 Å². The van der Waals surface area contributed by atoms with Crippen molar-refractivity contribution in [2.75, 3.05) is 38.3 Å². The van der Waals surface area contributed by atoms with Gasteiger partial charge >= 0.3 is 5.97 Å². The van der Waals surface area contributed by atoms with Gasteiger partial charge in [0, 0.05) is 25.4 Å². The summed E-state index contributed by atoms with van der Waals surface area (Å²) in [6.45, 7) is 10.1. The highest BCUT2D eigenvalue weighted by molar-refractivity contribution is 6.04. The molecule has 1 aromatic rings. The second-order valence-corrected chi connectivity index (χ2v) is 10.8. The summed E-state index contributed by atoms with van der Waals surface area (Å²) in [6.07, 6.45) is 7.75. The van der Waals surface area contributed by atoms with Crippen LogP contribution in [0.5, 0.6) is 5.75 Å². The van der Waals surface area contributed by atoms with Crippen LogP contribution in [0.25, 0.3) is 0 Å². The number of esters is 1. The van der Waals surface area contributed by atoms with Gasteiger partial charge in [0.05, 0.1) is 25.2 Å². The second-order valence-electron chi connectivity index (χ2n) is 10.8. The van der Waals surface area contributed by atoms with Gasteiger partial charge in [0.25, 0.3) is 5.91 Å². The van der Waals surface area contributed by atoms with E-state index in [4.69, 9.17) is 14.2 Å². The minimum Gasteiger partial charge on any atom is -0.497 e. The number of unbranched alkanes of at least 4 members (excludes halogenated alkanes) is 2. The van der Waals surface area contributed by atoms with Gasteiger partial charge in [-0.25, -0.2) is 0 Å². The van der Waals surface area contributed by atoms with Crippen molar-refractivity contribution in [3.05, 3.63) is 49.6 Å². The van der Waals surface area contributed by atoms with Crippen LogP contribution in [0.2, 0.25) is 0 Å². The average molecular weight is 555 g/mol. The van der Waals surface area contributed by atoms with Crippen LogP contribution in [-0.2, 0) is 23.9 Å². The molecule has 1 N–H and O–H groups in total. The number of ether oxygens (including phenoxy) is 3. The maximum absolute atomic E-state index is 14.5. The van der Waals surface area contributed by atoms with E-state index in [2.05, 4.69) is 13.2 Å². The molecule has 3 heterocycles. The molecule has 3 fully saturated rings. The normalized spacial score (nSPS) is 28.3. The molecular weight excluding hydrogens is 512 g/mol.